The first kappa shape index (κ1) is 18.2. The van der Waals surface area contributed by atoms with E-state index in [1.54, 1.807) is 19.1 Å². The molecule has 0 spiro atoms. The summed E-state index contributed by atoms with van der Waals surface area (Å²) in [6, 6.07) is 3.31. The molecule has 0 saturated carbocycles. The first-order valence-corrected chi connectivity index (χ1v) is 10.1. The van der Waals surface area contributed by atoms with Gasteiger partial charge in [0.1, 0.15) is 4.90 Å². The summed E-state index contributed by atoms with van der Waals surface area (Å²) in [4.78, 5) is 16.3. The van der Waals surface area contributed by atoms with Crippen LogP contribution in [0.4, 0.5) is 0 Å². The molecule has 6 nitrogen and oxygen atoms in total. The highest BCUT2D eigenvalue weighted by molar-refractivity contribution is 8.00. The summed E-state index contributed by atoms with van der Waals surface area (Å²) >= 11 is 1.31. The monoisotopic (exact) mass is 357 g/mol. The fourth-order valence-electron chi connectivity index (χ4n) is 2.30. The summed E-state index contributed by atoms with van der Waals surface area (Å²) in [5, 5.41) is 3.20. The van der Waals surface area contributed by atoms with Crippen molar-refractivity contribution in [2.45, 2.75) is 54.8 Å². The van der Waals surface area contributed by atoms with Crippen LogP contribution in [0, 0.1) is 0 Å². The van der Waals surface area contributed by atoms with Gasteiger partial charge >= 0.3 is 0 Å². The van der Waals surface area contributed by atoms with Crippen molar-refractivity contribution in [3.8, 4) is 0 Å². The molecule has 0 bridgehead atoms. The Morgan fingerprint density at radius 3 is 2.43 bits per heavy atom. The Labute approximate surface area is 142 Å². The third-order valence-corrected chi connectivity index (χ3v) is 6.44. The zero-order chi connectivity index (χ0) is 17.0. The Balaban J connectivity index is 2.03. The minimum Gasteiger partial charge on any atom is -0.353 e. The molecule has 0 aliphatic carbocycles. The normalized spacial score (nSPS) is 17.4. The molecule has 128 valence electrons. The number of carbonyl (C=O) groups is 1. The Hall–Kier alpha value is -1.12. The first-order valence-electron chi connectivity index (χ1n) is 7.74. The van der Waals surface area contributed by atoms with Crippen LogP contribution in [0.15, 0.2) is 28.3 Å². The number of amides is 1. The molecule has 2 rings (SSSR count). The van der Waals surface area contributed by atoms with E-state index >= 15 is 0 Å². The van der Waals surface area contributed by atoms with Gasteiger partial charge in [0, 0.05) is 25.3 Å². The van der Waals surface area contributed by atoms with Crippen molar-refractivity contribution in [3.63, 3.8) is 0 Å². The average molecular weight is 358 g/mol. The molecule has 1 fully saturated rings. The highest BCUT2D eigenvalue weighted by Crippen LogP contribution is 2.24. The van der Waals surface area contributed by atoms with Crippen LogP contribution in [0.1, 0.15) is 33.6 Å². The topological polar surface area (TPSA) is 79.4 Å². The van der Waals surface area contributed by atoms with Crippen LogP contribution in [0.2, 0.25) is 0 Å². The minimum absolute atomic E-state index is 0.0550. The standard InChI is InChI=1S/C15H23N3O3S2/c1-11(2)17-15(19)12(3)22-14-7-6-13(10-16-14)23(20,21)18-8-4-5-9-18/h6-7,10-12H,4-5,8-9H2,1-3H3,(H,17,19). The van der Waals surface area contributed by atoms with Crippen molar-refractivity contribution in [1.82, 2.24) is 14.6 Å². The number of hydrogen-bond donors (Lipinski definition) is 1. The maximum absolute atomic E-state index is 12.4. The van der Waals surface area contributed by atoms with E-state index < -0.39 is 10.0 Å². The molecule has 1 atom stereocenters. The quantitative estimate of drug-likeness (QED) is 0.786. The maximum atomic E-state index is 12.4. The van der Waals surface area contributed by atoms with Crippen molar-refractivity contribution in [2.24, 2.45) is 0 Å². The first-order chi connectivity index (χ1) is 10.8. The largest absolute Gasteiger partial charge is 0.353 e. The Morgan fingerprint density at radius 1 is 1.26 bits per heavy atom. The number of rotatable bonds is 6. The van der Waals surface area contributed by atoms with Gasteiger partial charge in [0.25, 0.3) is 0 Å². The molecule has 1 N–H and O–H groups in total. The van der Waals surface area contributed by atoms with Gasteiger partial charge in [-0.05, 0) is 45.7 Å². The van der Waals surface area contributed by atoms with Gasteiger partial charge in [-0.25, -0.2) is 13.4 Å². The molecule has 0 aromatic carbocycles. The van der Waals surface area contributed by atoms with Crippen LogP contribution in [0.25, 0.3) is 0 Å². The molecule has 1 aliphatic heterocycles. The maximum Gasteiger partial charge on any atom is 0.244 e. The van der Waals surface area contributed by atoms with Crippen LogP contribution in [0.5, 0.6) is 0 Å². The number of aromatic nitrogens is 1. The summed E-state index contributed by atoms with van der Waals surface area (Å²) in [6.07, 6.45) is 3.19. The molecule has 23 heavy (non-hydrogen) atoms. The van der Waals surface area contributed by atoms with Gasteiger partial charge in [-0.1, -0.05) is 11.8 Å². The molecule has 0 radical (unpaired) electrons. The lowest BCUT2D eigenvalue weighted by atomic mass is 10.3. The lowest BCUT2D eigenvalue weighted by Gasteiger charge is -2.16. The van der Waals surface area contributed by atoms with E-state index in [1.165, 1.54) is 22.3 Å². The number of thioether (sulfide) groups is 1. The number of nitrogens with zero attached hydrogens (tertiary/aromatic N) is 2. The molecule has 1 aromatic heterocycles. The second-order valence-corrected chi connectivity index (χ2v) is 9.17. The Bertz CT molecular complexity index is 638. The average Bonchev–Trinajstić information content (AvgIpc) is 3.02. The highest BCUT2D eigenvalue weighted by Gasteiger charge is 2.27. The molecular formula is C15H23N3O3S2. The second kappa shape index (κ2) is 7.63. The minimum atomic E-state index is -3.43. The van der Waals surface area contributed by atoms with Crippen molar-refractivity contribution in [1.29, 1.82) is 0 Å². The van der Waals surface area contributed by atoms with E-state index in [1.807, 2.05) is 13.8 Å². The van der Waals surface area contributed by atoms with E-state index in [-0.39, 0.29) is 22.1 Å². The fraction of sp³-hybridized carbons (Fsp3) is 0.600. The van der Waals surface area contributed by atoms with Gasteiger partial charge in [-0.15, -0.1) is 0 Å². The van der Waals surface area contributed by atoms with Gasteiger partial charge in [-0.3, -0.25) is 4.79 Å². The molecule has 1 unspecified atom stereocenters. The lowest BCUT2D eigenvalue weighted by molar-refractivity contribution is -0.120. The van der Waals surface area contributed by atoms with Crippen LogP contribution >= 0.6 is 11.8 Å². The summed E-state index contributed by atoms with van der Waals surface area (Å²) in [7, 11) is -3.43. The van der Waals surface area contributed by atoms with Gasteiger partial charge in [0.2, 0.25) is 15.9 Å². The number of sulfonamides is 1. The number of hydrogen-bond acceptors (Lipinski definition) is 5. The van der Waals surface area contributed by atoms with E-state index in [0.717, 1.165) is 12.8 Å². The summed E-state index contributed by atoms with van der Waals surface area (Å²) in [5.41, 5.74) is 0. The number of carbonyl (C=O) groups excluding carboxylic acids is 1. The van der Waals surface area contributed by atoms with E-state index in [2.05, 4.69) is 10.3 Å². The fourth-order valence-corrected chi connectivity index (χ4v) is 4.56. The van der Waals surface area contributed by atoms with Crippen LogP contribution in [-0.4, -0.2) is 48.0 Å². The lowest BCUT2D eigenvalue weighted by Crippen LogP contribution is -2.35. The van der Waals surface area contributed by atoms with Crippen LogP contribution in [-0.2, 0) is 14.8 Å². The van der Waals surface area contributed by atoms with Crippen molar-refractivity contribution < 1.29 is 13.2 Å². The number of pyridine rings is 1. The van der Waals surface area contributed by atoms with Crippen molar-refractivity contribution >= 4 is 27.7 Å². The molecule has 1 aliphatic rings. The third kappa shape index (κ3) is 4.68. The van der Waals surface area contributed by atoms with Crippen molar-refractivity contribution in [3.05, 3.63) is 18.3 Å². The summed E-state index contributed by atoms with van der Waals surface area (Å²) in [6.45, 7) is 6.77. The van der Waals surface area contributed by atoms with E-state index in [9.17, 15) is 13.2 Å². The Morgan fingerprint density at radius 2 is 1.91 bits per heavy atom. The molecular weight excluding hydrogens is 334 g/mol. The molecule has 1 saturated heterocycles. The van der Waals surface area contributed by atoms with E-state index in [0.29, 0.717) is 18.1 Å². The summed E-state index contributed by atoms with van der Waals surface area (Å²) < 4.78 is 26.3. The smallest absolute Gasteiger partial charge is 0.244 e. The Kier molecular flexibility index (Phi) is 6.05. The predicted octanol–water partition coefficient (Wildman–Crippen LogP) is 1.87. The molecule has 2 heterocycles. The predicted molar refractivity (Wildman–Crippen MR) is 90.8 cm³/mol. The zero-order valence-corrected chi connectivity index (χ0v) is 15.3. The van der Waals surface area contributed by atoms with Gasteiger partial charge in [-0.2, -0.15) is 4.31 Å². The van der Waals surface area contributed by atoms with Gasteiger partial charge in [0.15, 0.2) is 0 Å². The second-order valence-electron chi connectivity index (χ2n) is 5.87. The number of nitrogens with one attached hydrogen (secondary N) is 1. The van der Waals surface area contributed by atoms with Gasteiger partial charge < -0.3 is 5.32 Å². The molecule has 8 heteroatoms. The SMILES string of the molecule is CC(C)NC(=O)C(C)Sc1ccc(S(=O)(=O)N2CCCC2)cn1. The zero-order valence-electron chi connectivity index (χ0n) is 13.7. The summed E-state index contributed by atoms with van der Waals surface area (Å²) in [5.74, 6) is -0.0550. The van der Waals surface area contributed by atoms with E-state index in [4.69, 9.17) is 0 Å². The molecule has 1 amide bonds. The highest BCUT2D eigenvalue weighted by atomic mass is 32.2. The third-order valence-electron chi connectivity index (χ3n) is 3.51. The van der Waals surface area contributed by atoms with Gasteiger partial charge in [0.05, 0.1) is 10.3 Å². The van der Waals surface area contributed by atoms with Crippen LogP contribution in [0.3, 0.4) is 0 Å². The van der Waals surface area contributed by atoms with Crippen LogP contribution < -0.4 is 5.32 Å². The van der Waals surface area contributed by atoms with Crippen molar-refractivity contribution in [2.75, 3.05) is 13.1 Å². The molecule has 1 aromatic rings.